The number of para-hydroxylation sites is 1. The quantitative estimate of drug-likeness (QED) is 0.564. The average Bonchev–Trinajstić information content (AvgIpc) is 2.66. The molecule has 4 aromatic rings. The number of hydrogen-bond acceptors (Lipinski definition) is 4. The highest BCUT2D eigenvalue weighted by molar-refractivity contribution is 5.79. The Morgan fingerprint density at radius 1 is 1.00 bits per heavy atom. The molecule has 0 aliphatic heterocycles. The van der Waals surface area contributed by atoms with E-state index in [1.165, 1.54) is 9.13 Å². The molecule has 0 atom stereocenters. The van der Waals surface area contributed by atoms with Crippen LogP contribution in [0.5, 0.6) is 0 Å². The predicted octanol–water partition coefficient (Wildman–Crippen LogP) is 2.61. The Morgan fingerprint density at radius 2 is 1.78 bits per heavy atom. The zero-order chi connectivity index (χ0) is 19.0. The summed E-state index contributed by atoms with van der Waals surface area (Å²) in [4.78, 5) is 35.1. The lowest BCUT2D eigenvalue weighted by molar-refractivity contribution is 0.680. The summed E-state index contributed by atoms with van der Waals surface area (Å²) in [5, 5.41) is 0.452. The summed E-state index contributed by atoms with van der Waals surface area (Å²) in [6.45, 7) is 3.88. The highest BCUT2D eigenvalue weighted by atomic mass is 16.2. The van der Waals surface area contributed by atoms with Gasteiger partial charge in [-0.3, -0.25) is 14.3 Å². The van der Waals surface area contributed by atoms with Crippen molar-refractivity contribution in [1.29, 1.82) is 0 Å². The van der Waals surface area contributed by atoms with Crippen molar-refractivity contribution < 1.29 is 0 Å². The van der Waals surface area contributed by atoms with Gasteiger partial charge in [-0.15, -0.1) is 0 Å². The molecule has 0 bridgehead atoms. The van der Waals surface area contributed by atoms with Crippen LogP contribution in [-0.2, 0) is 6.54 Å². The molecule has 0 aliphatic rings. The monoisotopic (exact) mass is 358 g/mol. The fraction of sp³-hybridized carbons (Fsp3) is 0.143. The van der Waals surface area contributed by atoms with E-state index in [0.29, 0.717) is 16.7 Å². The van der Waals surface area contributed by atoms with E-state index in [4.69, 9.17) is 0 Å². The van der Waals surface area contributed by atoms with Crippen LogP contribution >= 0.6 is 0 Å². The maximum absolute atomic E-state index is 13.3. The third-order valence-corrected chi connectivity index (χ3v) is 4.50. The van der Waals surface area contributed by atoms with E-state index < -0.39 is 5.69 Å². The lowest BCUT2D eigenvalue weighted by Gasteiger charge is -2.15. The van der Waals surface area contributed by atoms with Crippen LogP contribution in [0.1, 0.15) is 16.8 Å². The molecule has 6 heteroatoms. The molecule has 0 saturated heterocycles. The average molecular weight is 358 g/mol. The molecule has 0 aliphatic carbocycles. The molecule has 0 fully saturated rings. The van der Waals surface area contributed by atoms with Gasteiger partial charge in [-0.1, -0.05) is 24.3 Å². The van der Waals surface area contributed by atoms with Gasteiger partial charge in [-0.25, -0.2) is 14.3 Å². The van der Waals surface area contributed by atoms with Crippen LogP contribution in [0.25, 0.3) is 16.7 Å². The SMILES string of the molecule is Cc1cc(C)c2c(=O)n(Cc3cccnc3)c(=O)n(-c3ccccc3)c2n1. The molecule has 3 aromatic heterocycles. The Kier molecular flexibility index (Phi) is 4.16. The number of rotatable bonds is 3. The van der Waals surface area contributed by atoms with Crippen LogP contribution in [-0.4, -0.2) is 19.1 Å². The Bertz CT molecular complexity index is 1240. The first kappa shape index (κ1) is 16.9. The molecule has 0 amide bonds. The van der Waals surface area contributed by atoms with Crippen molar-refractivity contribution in [2.45, 2.75) is 20.4 Å². The van der Waals surface area contributed by atoms with Crippen LogP contribution in [0.3, 0.4) is 0 Å². The van der Waals surface area contributed by atoms with Gasteiger partial charge in [0.1, 0.15) is 0 Å². The molecule has 4 rings (SSSR count). The number of fused-ring (bicyclic) bond motifs is 1. The van der Waals surface area contributed by atoms with Crippen LogP contribution in [0.4, 0.5) is 0 Å². The lowest BCUT2D eigenvalue weighted by Crippen LogP contribution is -2.40. The molecule has 0 saturated carbocycles. The maximum atomic E-state index is 13.3. The van der Waals surface area contributed by atoms with Crippen molar-refractivity contribution in [2.24, 2.45) is 0 Å². The van der Waals surface area contributed by atoms with E-state index in [-0.39, 0.29) is 12.1 Å². The largest absolute Gasteiger partial charge is 0.337 e. The third kappa shape index (κ3) is 2.95. The number of aromatic nitrogens is 4. The summed E-state index contributed by atoms with van der Waals surface area (Å²) < 4.78 is 2.75. The molecule has 0 radical (unpaired) electrons. The number of nitrogens with zero attached hydrogens (tertiary/aromatic N) is 4. The van der Waals surface area contributed by atoms with E-state index in [0.717, 1.165) is 16.8 Å². The Labute approximate surface area is 155 Å². The van der Waals surface area contributed by atoms with Crippen molar-refractivity contribution in [1.82, 2.24) is 19.1 Å². The number of benzene rings is 1. The predicted molar refractivity (Wildman–Crippen MR) is 104 cm³/mol. The van der Waals surface area contributed by atoms with E-state index in [1.54, 1.807) is 18.5 Å². The molecule has 27 heavy (non-hydrogen) atoms. The third-order valence-electron chi connectivity index (χ3n) is 4.50. The number of hydrogen-bond donors (Lipinski definition) is 0. The van der Waals surface area contributed by atoms with Crippen LogP contribution in [0.2, 0.25) is 0 Å². The first-order chi connectivity index (χ1) is 13.1. The normalized spacial score (nSPS) is 11.0. The standard InChI is InChI=1S/C21H18N4O2/c1-14-11-15(2)23-19-18(14)20(26)24(13-16-7-6-10-22-12-16)21(27)25(19)17-8-4-3-5-9-17/h3-12H,13H2,1-2H3. The van der Waals surface area contributed by atoms with Crippen molar-refractivity contribution in [3.63, 3.8) is 0 Å². The van der Waals surface area contributed by atoms with Gasteiger partial charge in [0.2, 0.25) is 0 Å². The molecule has 0 N–H and O–H groups in total. The van der Waals surface area contributed by atoms with Crippen LogP contribution in [0, 0.1) is 13.8 Å². The molecule has 3 heterocycles. The van der Waals surface area contributed by atoms with Crippen molar-refractivity contribution in [2.75, 3.05) is 0 Å². The highest BCUT2D eigenvalue weighted by Gasteiger charge is 2.18. The summed E-state index contributed by atoms with van der Waals surface area (Å²) in [7, 11) is 0. The maximum Gasteiger partial charge on any atom is 0.337 e. The van der Waals surface area contributed by atoms with Gasteiger partial charge >= 0.3 is 5.69 Å². The van der Waals surface area contributed by atoms with Gasteiger partial charge in [0, 0.05) is 18.1 Å². The fourth-order valence-corrected chi connectivity index (χ4v) is 3.30. The zero-order valence-electron chi connectivity index (χ0n) is 15.1. The summed E-state index contributed by atoms with van der Waals surface area (Å²) in [6.07, 6.45) is 3.31. The van der Waals surface area contributed by atoms with E-state index in [2.05, 4.69) is 9.97 Å². The van der Waals surface area contributed by atoms with Crippen LogP contribution < -0.4 is 11.2 Å². The van der Waals surface area contributed by atoms with Crippen molar-refractivity contribution in [3.05, 3.63) is 98.6 Å². The van der Waals surface area contributed by atoms with Gasteiger partial charge in [0.15, 0.2) is 5.65 Å². The fourth-order valence-electron chi connectivity index (χ4n) is 3.30. The zero-order valence-corrected chi connectivity index (χ0v) is 15.1. The van der Waals surface area contributed by atoms with E-state index in [1.807, 2.05) is 56.3 Å². The number of aryl methyl sites for hydroxylation is 2. The van der Waals surface area contributed by atoms with Gasteiger partial charge in [0.05, 0.1) is 17.6 Å². The second-order valence-corrected chi connectivity index (χ2v) is 6.49. The van der Waals surface area contributed by atoms with Crippen molar-refractivity contribution >= 4 is 11.0 Å². The van der Waals surface area contributed by atoms with Gasteiger partial charge in [-0.05, 0) is 49.2 Å². The topological polar surface area (TPSA) is 69.8 Å². The molecular weight excluding hydrogens is 340 g/mol. The second kappa shape index (κ2) is 6.64. The lowest BCUT2D eigenvalue weighted by atomic mass is 10.1. The summed E-state index contributed by atoms with van der Waals surface area (Å²) in [5.41, 5.74) is 2.64. The summed E-state index contributed by atoms with van der Waals surface area (Å²) in [6, 6.07) is 14.7. The smallest absolute Gasteiger partial charge is 0.268 e. The van der Waals surface area contributed by atoms with Gasteiger partial charge in [0.25, 0.3) is 5.56 Å². The Hall–Kier alpha value is -3.54. The first-order valence-corrected chi connectivity index (χ1v) is 8.64. The van der Waals surface area contributed by atoms with E-state index >= 15 is 0 Å². The van der Waals surface area contributed by atoms with E-state index in [9.17, 15) is 9.59 Å². The molecule has 6 nitrogen and oxygen atoms in total. The molecule has 0 spiro atoms. The highest BCUT2D eigenvalue weighted by Crippen LogP contribution is 2.16. The molecule has 134 valence electrons. The summed E-state index contributed by atoms with van der Waals surface area (Å²) in [5.74, 6) is 0. The molecule has 1 aromatic carbocycles. The second-order valence-electron chi connectivity index (χ2n) is 6.49. The Balaban J connectivity index is 2.11. The number of pyridine rings is 2. The molecule has 0 unspecified atom stereocenters. The van der Waals surface area contributed by atoms with Gasteiger partial charge < -0.3 is 0 Å². The van der Waals surface area contributed by atoms with Gasteiger partial charge in [-0.2, -0.15) is 0 Å². The van der Waals surface area contributed by atoms with Crippen LogP contribution in [0.15, 0.2) is 70.5 Å². The minimum atomic E-state index is -0.417. The molecular formula is C21H18N4O2. The van der Waals surface area contributed by atoms with Crippen molar-refractivity contribution in [3.8, 4) is 5.69 Å². The first-order valence-electron chi connectivity index (χ1n) is 8.64. The minimum Gasteiger partial charge on any atom is -0.268 e. The summed E-state index contributed by atoms with van der Waals surface area (Å²) >= 11 is 0. The minimum absolute atomic E-state index is 0.154. The Morgan fingerprint density at radius 3 is 2.48 bits per heavy atom.